The van der Waals surface area contributed by atoms with Crippen molar-refractivity contribution < 1.29 is 4.79 Å². The Kier molecular flexibility index (Phi) is 3.98. The average molecular weight is 321 g/mol. The van der Waals surface area contributed by atoms with E-state index >= 15 is 0 Å². The zero-order chi connectivity index (χ0) is 14.9. The van der Waals surface area contributed by atoms with Crippen molar-refractivity contribution in [1.82, 2.24) is 20.1 Å². The largest absolute Gasteiger partial charge is 0.355 e. The van der Waals surface area contributed by atoms with E-state index in [0.717, 1.165) is 50.0 Å². The summed E-state index contributed by atoms with van der Waals surface area (Å²) in [6.45, 7) is 2.98. The molecule has 3 aliphatic rings. The summed E-state index contributed by atoms with van der Waals surface area (Å²) >= 11 is 1.61. The minimum Gasteiger partial charge on any atom is -0.355 e. The lowest BCUT2D eigenvalue weighted by molar-refractivity contribution is -0.120. The number of amides is 1. The second-order valence-electron chi connectivity index (χ2n) is 6.47. The summed E-state index contributed by atoms with van der Waals surface area (Å²) in [5, 5.41) is 12.8. The number of nitrogens with one attached hydrogen (secondary N) is 1. The third-order valence-corrected chi connectivity index (χ3v) is 5.90. The van der Waals surface area contributed by atoms with Crippen LogP contribution in [0, 0.1) is 0 Å². The van der Waals surface area contributed by atoms with Gasteiger partial charge in [-0.05, 0) is 38.5 Å². The quantitative estimate of drug-likeness (QED) is 0.918. The van der Waals surface area contributed by atoms with Crippen molar-refractivity contribution in [3.63, 3.8) is 0 Å². The molecular formula is C15H23N5OS. The van der Waals surface area contributed by atoms with Crippen LogP contribution in [0.2, 0.25) is 0 Å². The molecule has 1 N–H and O–H groups in total. The Morgan fingerprint density at radius 2 is 1.86 bits per heavy atom. The maximum absolute atomic E-state index is 12.2. The molecule has 1 aromatic heterocycles. The summed E-state index contributed by atoms with van der Waals surface area (Å²) in [5.74, 6) is 1.19. The predicted octanol–water partition coefficient (Wildman–Crippen LogP) is 1.97. The van der Waals surface area contributed by atoms with Gasteiger partial charge < -0.3 is 10.2 Å². The Hall–Kier alpha value is -1.24. The Balaban J connectivity index is 1.57. The second-order valence-corrected chi connectivity index (χ2v) is 7.64. The van der Waals surface area contributed by atoms with Gasteiger partial charge in [0.1, 0.15) is 0 Å². The summed E-state index contributed by atoms with van der Waals surface area (Å²) in [5.41, 5.74) is 0. The molecule has 0 radical (unpaired) electrons. The molecular weight excluding hydrogens is 298 g/mol. The van der Waals surface area contributed by atoms with E-state index in [1.54, 1.807) is 11.8 Å². The zero-order valence-corrected chi connectivity index (χ0v) is 13.6. The Bertz CT molecular complexity index is 550. The highest BCUT2D eigenvalue weighted by Crippen LogP contribution is 2.42. The lowest BCUT2D eigenvalue weighted by atomic mass is 10.2. The highest BCUT2D eigenvalue weighted by atomic mass is 32.2. The molecule has 3 fully saturated rings. The molecule has 0 aromatic carbocycles. The molecule has 4 rings (SSSR count). The van der Waals surface area contributed by atoms with Gasteiger partial charge in [0.25, 0.3) is 0 Å². The molecule has 120 valence electrons. The molecule has 1 aliphatic carbocycles. The number of aromatic nitrogens is 3. The molecule has 6 nitrogen and oxygen atoms in total. The maximum Gasteiger partial charge on any atom is 0.233 e. The summed E-state index contributed by atoms with van der Waals surface area (Å²) in [7, 11) is 0. The van der Waals surface area contributed by atoms with Crippen LogP contribution in [0.15, 0.2) is 5.16 Å². The fourth-order valence-corrected chi connectivity index (χ4v) is 4.45. The molecule has 22 heavy (non-hydrogen) atoms. The predicted molar refractivity (Wildman–Crippen MR) is 86.2 cm³/mol. The fourth-order valence-electron chi connectivity index (χ4n) is 3.29. The molecule has 1 unspecified atom stereocenters. The highest BCUT2D eigenvalue weighted by Gasteiger charge is 2.34. The number of nitrogens with zero attached hydrogens (tertiary/aromatic N) is 4. The van der Waals surface area contributed by atoms with Gasteiger partial charge in [-0.1, -0.05) is 18.2 Å². The molecule has 1 aromatic rings. The van der Waals surface area contributed by atoms with Crippen molar-refractivity contribution in [2.24, 2.45) is 0 Å². The third-order valence-electron chi connectivity index (χ3n) is 4.68. The molecule has 2 saturated heterocycles. The first kappa shape index (κ1) is 14.4. The van der Waals surface area contributed by atoms with E-state index in [1.165, 1.54) is 25.7 Å². The number of thioether (sulfide) groups is 1. The number of hydrogen-bond acceptors (Lipinski definition) is 5. The van der Waals surface area contributed by atoms with Crippen molar-refractivity contribution in [3.8, 4) is 0 Å². The molecule has 1 saturated carbocycles. The SMILES string of the molecule is O=C1NCCCCC1Sc1nnc(N2CCCC2)n1C1CC1. The van der Waals surface area contributed by atoms with Crippen LogP contribution in [0.5, 0.6) is 0 Å². The van der Waals surface area contributed by atoms with Gasteiger partial charge in [-0.3, -0.25) is 9.36 Å². The first-order chi connectivity index (χ1) is 10.8. The summed E-state index contributed by atoms with van der Waals surface area (Å²) in [6, 6.07) is 0.543. The standard InChI is InChI=1S/C15H23N5OS/c21-13-12(5-1-2-8-16-13)22-15-18-17-14(19-9-3-4-10-19)20(15)11-6-7-11/h11-12H,1-10H2,(H,16,21). The average Bonchev–Trinajstić information content (AvgIpc) is 3.10. The zero-order valence-electron chi connectivity index (χ0n) is 12.8. The van der Waals surface area contributed by atoms with Gasteiger partial charge in [0, 0.05) is 25.7 Å². The van der Waals surface area contributed by atoms with Gasteiger partial charge in [0.15, 0.2) is 5.16 Å². The maximum atomic E-state index is 12.2. The van der Waals surface area contributed by atoms with Crippen LogP contribution in [0.3, 0.4) is 0 Å². The van der Waals surface area contributed by atoms with E-state index in [2.05, 4.69) is 25.0 Å². The number of hydrogen-bond donors (Lipinski definition) is 1. The van der Waals surface area contributed by atoms with Crippen LogP contribution in [-0.4, -0.2) is 45.6 Å². The van der Waals surface area contributed by atoms with Gasteiger partial charge in [-0.2, -0.15) is 0 Å². The third kappa shape index (κ3) is 2.83. The van der Waals surface area contributed by atoms with E-state index in [4.69, 9.17) is 0 Å². The smallest absolute Gasteiger partial charge is 0.233 e. The van der Waals surface area contributed by atoms with E-state index in [9.17, 15) is 4.79 Å². The Morgan fingerprint density at radius 1 is 1.05 bits per heavy atom. The van der Waals surface area contributed by atoms with Crippen LogP contribution in [-0.2, 0) is 4.79 Å². The van der Waals surface area contributed by atoms with Crippen molar-refractivity contribution in [3.05, 3.63) is 0 Å². The molecule has 3 heterocycles. The summed E-state index contributed by atoms with van der Waals surface area (Å²) in [6.07, 6.45) is 8.03. The number of anilines is 1. The van der Waals surface area contributed by atoms with Crippen LogP contribution in [0.4, 0.5) is 5.95 Å². The number of carbonyl (C=O) groups excluding carboxylic acids is 1. The van der Waals surface area contributed by atoms with Crippen molar-refractivity contribution in [2.75, 3.05) is 24.5 Å². The normalized spacial score (nSPS) is 26.1. The van der Waals surface area contributed by atoms with Crippen LogP contribution in [0.1, 0.15) is 51.0 Å². The number of carbonyl (C=O) groups is 1. The molecule has 2 aliphatic heterocycles. The van der Waals surface area contributed by atoms with Crippen molar-refractivity contribution in [1.29, 1.82) is 0 Å². The fraction of sp³-hybridized carbons (Fsp3) is 0.800. The van der Waals surface area contributed by atoms with E-state index in [1.807, 2.05) is 0 Å². The lowest BCUT2D eigenvalue weighted by Gasteiger charge is -2.19. The molecule has 7 heteroatoms. The van der Waals surface area contributed by atoms with E-state index in [0.29, 0.717) is 6.04 Å². The van der Waals surface area contributed by atoms with Crippen molar-refractivity contribution >= 4 is 23.6 Å². The van der Waals surface area contributed by atoms with Gasteiger partial charge in [-0.15, -0.1) is 10.2 Å². The lowest BCUT2D eigenvalue weighted by Crippen LogP contribution is -2.31. The van der Waals surface area contributed by atoms with Gasteiger partial charge >= 0.3 is 0 Å². The van der Waals surface area contributed by atoms with Crippen LogP contribution < -0.4 is 10.2 Å². The molecule has 0 bridgehead atoms. The Morgan fingerprint density at radius 3 is 2.64 bits per heavy atom. The van der Waals surface area contributed by atoms with Gasteiger partial charge in [0.05, 0.1) is 5.25 Å². The first-order valence-corrected chi connectivity index (χ1v) is 9.35. The topological polar surface area (TPSA) is 63.1 Å². The molecule has 1 amide bonds. The first-order valence-electron chi connectivity index (χ1n) is 8.47. The van der Waals surface area contributed by atoms with Gasteiger partial charge in [0.2, 0.25) is 11.9 Å². The summed E-state index contributed by atoms with van der Waals surface area (Å²) in [4.78, 5) is 14.5. The van der Waals surface area contributed by atoms with E-state index in [-0.39, 0.29) is 11.2 Å². The minimum atomic E-state index is -0.0179. The van der Waals surface area contributed by atoms with E-state index < -0.39 is 0 Å². The highest BCUT2D eigenvalue weighted by molar-refractivity contribution is 8.00. The van der Waals surface area contributed by atoms with Crippen LogP contribution in [0.25, 0.3) is 0 Å². The Labute approximate surface area is 135 Å². The number of rotatable bonds is 4. The monoisotopic (exact) mass is 321 g/mol. The molecule has 1 atom stereocenters. The molecule has 0 spiro atoms. The minimum absolute atomic E-state index is 0.0179. The van der Waals surface area contributed by atoms with Gasteiger partial charge in [-0.25, -0.2) is 0 Å². The second kappa shape index (κ2) is 6.10. The van der Waals surface area contributed by atoms with Crippen LogP contribution >= 0.6 is 11.8 Å². The summed E-state index contributed by atoms with van der Waals surface area (Å²) < 4.78 is 2.30. The van der Waals surface area contributed by atoms with Crippen molar-refractivity contribution in [2.45, 2.75) is 61.4 Å².